The van der Waals surface area contributed by atoms with Crippen LogP contribution in [-0.2, 0) is 0 Å². The highest BCUT2D eigenvalue weighted by atomic mass is 32.2. The lowest BCUT2D eigenvalue weighted by atomic mass is 10.3. The standard InChI is InChI=1S/C12H2F8OS2/c13-1-3(15)7(19)11(9(21)5(1)17)23-12-8(20)4(16)2(14)6(18)10(12)22/h21-22H. The van der Waals surface area contributed by atoms with Gasteiger partial charge in [0, 0.05) is 0 Å². The van der Waals surface area contributed by atoms with Crippen LogP contribution in [0.2, 0.25) is 0 Å². The van der Waals surface area contributed by atoms with Crippen LogP contribution < -0.4 is 0 Å². The Morgan fingerprint density at radius 3 is 1.48 bits per heavy atom. The monoisotopic (exact) mass is 378 g/mol. The maximum Gasteiger partial charge on any atom is 0.204 e. The van der Waals surface area contributed by atoms with Crippen LogP contribution in [0.25, 0.3) is 0 Å². The van der Waals surface area contributed by atoms with Crippen molar-refractivity contribution in [1.82, 2.24) is 0 Å². The molecule has 0 saturated carbocycles. The predicted octanol–water partition coefficient (Wildman–Crippen LogP) is 4.94. The predicted molar refractivity (Wildman–Crippen MR) is 65.6 cm³/mol. The summed E-state index contributed by atoms with van der Waals surface area (Å²) in [5.74, 6) is -19.3. The van der Waals surface area contributed by atoms with Crippen molar-refractivity contribution in [2.45, 2.75) is 14.7 Å². The van der Waals surface area contributed by atoms with Crippen molar-refractivity contribution in [2.24, 2.45) is 0 Å². The average Bonchev–Trinajstić information content (AvgIpc) is 2.54. The van der Waals surface area contributed by atoms with Gasteiger partial charge in [0.25, 0.3) is 0 Å². The first-order valence-electron chi connectivity index (χ1n) is 5.37. The third-order valence-corrected chi connectivity index (χ3v) is 4.34. The lowest BCUT2D eigenvalue weighted by Crippen LogP contribution is -2.03. The van der Waals surface area contributed by atoms with Gasteiger partial charge in [0.15, 0.2) is 40.7 Å². The van der Waals surface area contributed by atoms with Gasteiger partial charge in [-0.2, -0.15) is 4.39 Å². The lowest BCUT2D eigenvalue weighted by molar-refractivity contribution is 0.348. The first kappa shape index (κ1) is 17.7. The molecule has 1 N–H and O–H groups in total. The Balaban J connectivity index is 2.71. The Morgan fingerprint density at radius 1 is 0.565 bits per heavy atom. The highest BCUT2D eigenvalue weighted by Gasteiger charge is 2.30. The van der Waals surface area contributed by atoms with Crippen molar-refractivity contribution >= 4 is 24.4 Å². The van der Waals surface area contributed by atoms with Gasteiger partial charge in [0.2, 0.25) is 11.6 Å². The van der Waals surface area contributed by atoms with Gasteiger partial charge in [0.1, 0.15) is 0 Å². The van der Waals surface area contributed by atoms with E-state index in [1.54, 1.807) is 0 Å². The van der Waals surface area contributed by atoms with E-state index in [-0.39, 0.29) is 0 Å². The molecule has 0 fully saturated rings. The van der Waals surface area contributed by atoms with Gasteiger partial charge in [0.05, 0.1) is 14.7 Å². The van der Waals surface area contributed by atoms with Crippen LogP contribution in [0, 0.1) is 46.5 Å². The second kappa shape index (κ2) is 6.11. The third-order valence-electron chi connectivity index (χ3n) is 2.61. The molecule has 0 spiro atoms. The number of halogens is 8. The molecule has 0 amide bonds. The molecule has 2 aromatic carbocycles. The second-order valence-electron chi connectivity index (χ2n) is 3.97. The fourth-order valence-corrected chi connectivity index (χ4v) is 2.76. The molecule has 0 unspecified atom stereocenters. The van der Waals surface area contributed by atoms with E-state index in [4.69, 9.17) is 0 Å². The Kier molecular flexibility index (Phi) is 4.71. The summed E-state index contributed by atoms with van der Waals surface area (Å²) in [5, 5.41) is 9.27. The summed E-state index contributed by atoms with van der Waals surface area (Å²) in [4.78, 5) is -3.75. The molecule has 11 heteroatoms. The summed E-state index contributed by atoms with van der Waals surface area (Å²) in [6.07, 6.45) is 0. The molecule has 2 rings (SSSR count). The van der Waals surface area contributed by atoms with E-state index < -0.39 is 78.7 Å². The minimum atomic E-state index is -2.34. The normalized spacial score (nSPS) is 11.2. The molecule has 124 valence electrons. The second-order valence-corrected chi connectivity index (χ2v) is 5.44. The number of hydrogen-bond acceptors (Lipinski definition) is 3. The van der Waals surface area contributed by atoms with E-state index in [1.165, 1.54) is 0 Å². The number of aromatic hydroxyl groups is 1. The smallest absolute Gasteiger partial charge is 0.204 e. The minimum Gasteiger partial charge on any atom is -0.504 e. The maximum atomic E-state index is 13.6. The van der Waals surface area contributed by atoms with Crippen LogP contribution in [0.3, 0.4) is 0 Å². The van der Waals surface area contributed by atoms with Crippen LogP contribution in [0.4, 0.5) is 35.1 Å². The summed E-state index contributed by atoms with van der Waals surface area (Å²) >= 11 is 2.96. The summed E-state index contributed by atoms with van der Waals surface area (Å²) < 4.78 is 106. The van der Waals surface area contributed by atoms with Crippen molar-refractivity contribution in [1.29, 1.82) is 0 Å². The number of thiol groups is 1. The molecule has 0 aliphatic rings. The van der Waals surface area contributed by atoms with Crippen LogP contribution in [0.5, 0.6) is 5.75 Å². The first-order chi connectivity index (χ1) is 10.6. The zero-order valence-electron chi connectivity index (χ0n) is 10.3. The molecule has 0 heterocycles. The van der Waals surface area contributed by atoms with Gasteiger partial charge in [-0.1, -0.05) is 11.8 Å². The van der Waals surface area contributed by atoms with E-state index in [0.29, 0.717) is 0 Å². The zero-order valence-corrected chi connectivity index (χ0v) is 12.0. The quantitative estimate of drug-likeness (QED) is 0.334. The van der Waals surface area contributed by atoms with E-state index in [1.807, 2.05) is 0 Å². The molecule has 0 aromatic heterocycles. The summed E-state index contributed by atoms with van der Waals surface area (Å²) in [7, 11) is 0. The van der Waals surface area contributed by atoms with Crippen molar-refractivity contribution in [3.63, 3.8) is 0 Å². The number of hydrogen-bond donors (Lipinski definition) is 2. The van der Waals surface area contributed by atoms with Crippen LogP contribution >= 0.6 is 24.4 Å². The van der Waals surface area contributed by atoms with E-state index in [2.05, 4.69) is 12.6 Å². The first-order valence-corrected chi connectivity index (χ1v) is 6.63. The number of benzene rings is 2. The van der Waals surface area contributed by atoms with Crippen LogP contribution in [-0.4, -0.2) is 5.11 Å². The van der Waals surface area contributed by atoms with Gasteiger partial charge < -0.3 is 5.11 Å². The molecule has 0 bridgehead atoms. The molecule has 2 aromatic rings. The van der Waals surface area contributed by atoms with Gasteiger partial charge in [-0.15, -0.1) is 12.6 Å². The van der Waals surface area contributed by atoms with E-state index in [9.17, 15) is 40.2 Å². The fourth-order valence-electron chi connectivity index (χ4n) is 1.49. The van der Waals surface area contributed by atoms with E-state index in [0.717, 1.165) is 0 Å². The zero-order chi connectivity index (χ0) is 17.6. The fraction of sp³-hybridized carbons (Fsp3) is 0. The number of phenolic OH excluding ortho intramolecular Hbond substituents is 1. The topological polar surface area (TPSA) is 20.2 Å². The molecule has 0 atom stereocenters. The molecule has 23 heavy (non-hydrogen) atoms. The lowest BCUT2D eigenvalue weighted by Gasteiger charge is -2.12. The van der Waals surface area contributed by atoms with Crippen LogP contribution in [0.15, 0.2) is 14.7 Å². The summed E-state index contributed by atoms with van der Waals surface area (Å²) in [5.41, 5.74) is 0. The average molecular weight is 378 g/mol. The summed E-state index contributed by atoms with van der Waals surface area (Å²) in [6, 6.07) is 0. The van der Waals surface area contributed by atoms with Gasteiger partial charge >= 0.3 is 0 Å². The minimum absolute atomic E-state index is 0.402. The third kappa shape index (κ3) is 2.71. The number of phenols is 1. The van der Waals surface area contributed by atoms with E-state index >= 15 is 0 Å². The SMILES string of the molecule is Oc1c(F)c(F)c(F)c(F)c1Sc1c(F)c(F)c(F)c(F)c1S. The largest absolute Gasteiger partial charge is 0.504 e. The van der Waals surface area contributed by atoms with Crippen molar-refractivity contribution in [3.8, 4) is 5.75 Å². The van der Waals surface area contributed by atoms with Gasteiger partial charge in [-0.25, -0.2) is 30.7 Å². The Hall–Kier alpha value is -1.62. The van der Waals surface area contributed by atoms with Crippen molar-refractivity contribution in [2.75, 3.05) is 0 Å². The Bertz CT molecular complexity index is 698. The molecule has 0 aliphatic heterocycles. The summed E-state index contributed by atoms with van der Waals surface area (Å²) in [6.45, 7) is 0. The highest BCUT2D eigenvalue weighted by molar-refractivity contribution is 8.00. The molecule has 0 saturated heterocycles. The maximum absolute atomic E-state index is 13.6. The Labute approximate surface area is 132 Å². The molecular weight excluding hydrogens is 376 g/mol. The molecular formula is C12H2F8OS2. The molecule has 0 radical (unpaired) electrons. The molecule has 0 aliphatic carbocycles. The molecule has 1 nitrogen and oxygen atoms in total. The number of rotatable bonds is 2. The Morgan fingerprint density at radius 2 is 0.957 bits per heavy atom. The van der Waals surface area contributed by atoms with Gasteiger partial charge in [-0.3, -0.25) is 0 Å². The van der Waals surface area contributed by atoms with Crippen molar-refractivity contribution < 1.29 is 40.2 Å². The van der Waals surface area contributed by atoms with Gasteiger partial charge in [-0.05, 0) is 0 Å². The van der Waals surface area contributed by atoms with Crippen molar-refractivity contribution in [3.05, 3.63) is 46.5 Å². The van der Waals surface area contributed by atoms with Crippen LogP contribution in [0.1, 0.15) is 0 Å². The highest BCUT2D eigenvalue weighted by Crippen LogP contribution is 2.44.